The molecule has 242 valence electrons. The summed E-state index contributed by atoms with van der Waals surface area (Å²) in [6.45, 7) is 7.01. The van der Waals surface area contributed by atoms with Gasteiger partial charge in [-0.1, -0.05) is 0 Å². The number of rotatable bonds is 30. The molecular weight excluding hydrogens is 560 g/mol. The van der Waals surface area contributed by atoms with Gasteiger partial charge in [0.25, 0.3) is 11.8 Å². The van der Waals surface area contributed by atoms with Crippen molar-refractivity contribution >= 4 is 23.7 Å². The van der Waals surface area contributed by atoms with Crippen molar-refractivity contribution in [2.75, 3.05) is 113 Å². The van der Waals surface area contributed by atoms with Crippen molar-refractivity contribution < 1.29 is 62.2 Å². The molecule has 1 rings (SSSR count). The van der Waals surface area contributed by atoms with Gasteiger partial charge in [0, 0.05) is 32.2 Å². The average Bonchev–Trinajstić information content (AvgIpc) is 3.30. The van der Waals surface area contributed by atoms with Gasteiger partial charge in [-0.2, -0.15) is 0 Å². The summed E-state index contributed by atoms with van der Waals surface area (Å²) in [5.74, 6) is -2.81. The monoisotopic (exact) mass is 606 g/mol. The molecule has 2 N–H and O–H groups in total. The smallest absolute Gasteiger partial charge is 0.326 e. The maximum atomic E-state index is 11.9. The number of hydrogen-bond acceptors (Lipinski definition) is 12. The lowest BCUT2D eigenvalue weighted by Crippen LogP contribution is -2.45. The van der Waals surface area contributed by atoms with Gasteiger partial charge in [0.1, 0.15) is 6.04 Å². The van der Waals surface area contributed by atoms with E-state index in [0.717, 1.165) is 12.2 Å². The van der Waals surface area contributed by atoms with Gasteiger partial charge in [-0.25, -0.2) is 4.79 Å². The summed E-state index contributed by atoms with van der Waals surface area (Å²) in [6.07, 6.45) is 2.56. The summed E-state index contributed by atoms with van der Waals surface area (Å²) < 4.78 is 42.5. The Morgan fingerprint density at radius 3 is 1.45 bits per heavy atom. The molecule has 0 spiro atoms. The van der Waals surface area contributed by atoms with Crippen LogP contribution in [0.1, 0.15) is 19.3 Å². The van der Waals surface area contributed by atoms with E-state index < -0.39 is 23.8 Å². The van der Waals surface area contributed by atoms with Crippen LogP contribution in [0.25, 0.3) is 0 Å². The Morgan fingerprint density at radius 2 is 1.07 bits per heavy atom. The fraction of sp³-hybridized carbons (Fsp3) is 0.778. The first-order valence-corrected chi connectivity index (χ1v) is 14.0. The molecule has 0 saturated carbocycles. The van der Waals surface area contributed by atoms with E-state index in [4.69, 9.17) is 37.9 Å². The van der Waals surface area contributed by atoms with Crippen LogP contribution in [-0.4, -0.2) is 152 Å². The number of carbonyl (C=O) groups excluding carboxylic acids is 3. The van der Waals surface area contributed by atoms with Gasteiger partial charge in [-0.15, -0.1) is 0 Å². The SMILES string of the molecule is COCCOCCOCCOCCOCCOCCOCCOCCC(=O)NCCC[C@H](C(=O)O)N1C(=O)C=CC1=O. The normalized spacial score (nSPS) is 13.7. The molecule has 1 aliphatic heterocycles. The number of nitrogens with zero attached hydrogens (tertiary/aromatic N) is 1. The Morgan fingerprint density at radius 1 is 0.690 bits per heavy atom. The fourth-order valence-corrected chi connectivity index (χ4v) is 3.42. The third-order valence-corrected chi connectivity index (χ3v) is 5.55. The van der Waals surface area contributed by atoms with E-state index in [2.05, 4.69) is 5.32 Å². The standard InChI is InChI=1S/C27H46N2O13/c1-35-9-10-37-13-14-39-17-18-41-21-22-42-20-19-40-16-15-38-12-11-36-8-6-24(30)28-7-2-3-23(27(33)34)29-25(31)4-5-26(29)32/h4-5,23H,2-3,6-22H2,1H3,(H,28,30)(H,33,34)/t23-/m1/s1. The van der Waals surface area contributed by atoms with Crippen LogP contribution in [0, 0.1) is 0 Å². The van der Waals surface area contributed by atoms with Crippen molar-refractivity contribution in [2.45, 2.75) is 25.3 Å². The van der Waals surface area contributed by atoms with Crippen molar-refractivity contribution in [1.82, 2.24) is 10.2 Å². The molecule has 0 radical (unpaired) electrons. The first-order chi connectivity index (χ1) is 20.5. The summed E-state index contributed by atoms with van der Waals surface area (Å²) in [5.41, 5.74) is 0. The minimum atomic E-state index is -1.27. The van der Waals surface area contributed by atoms with E-state index >= 15 is 0 Å². The predicted octanol–water partition coefficient (Wildman–Crippen LogP) is -0.586. The highest BCUT2D eigenvalue weighted by Crippen LogP contribution is 2.14. The Bertz CT molecular complexity index is 763. The number of amides is 3. The highest BCUT2D eigenvalue weighted by molar-refractivity contribution is 6.14. The zero-order chi connectivity index (χ0) is 30.7. The number of methoxy groups -OCH3 is 1. The topological polar surface area (TPSA) is 178 Å². The number of carboxylic acid groups (broad SMARTS) is 1. The van der Waals surface area contributed by atoms with Crippen LogP contribution in [0.15, 0.2) is 12.2 Å². The van der Waals surface area contributed by atoms with Crippen LogP contribution < -0.4 is 5.32 Å². The second-order valence-corrected chi connectivity index (χ2v) is 8.76. The average molecular weight is 607 g/mol. The summed E-state index contributed by atoms with van der Waals surface area (Å²) in [7, 11) is 1.63. The molecule has 3 amide bonds. The number of nitrogens with one attached hydrogen (secondary N) is 1. The van der Waals surface area contributed by atoms with Gasteiger partial charge < -0.3 is 48.3 Å². The maximum absolute atomic E-state index is 11.9. The van der Waals surface area contributed by atoms with Crippen LogP contribution in [0.3, 0.4) is 0 Å². The molecule has 0 unspecified atom stereocenters. The van der Waals surface area contributed by atoms with E-state index in [-0.39, 0.29) is 31.9 Å². The molecule has 1 aliphatic rings. The lowest BCUT2D eigenvalue weighted by atomic mass is 10.1. The van der Waals surface area contributed by atoms with E-state index in [9.17, 15) is 24.3 Å². The molecule has 1 heterocycles. The van der Waals surface area contributed by atoms with Crippen LogP contribution >= 0.6 is 0 Å². The predicted molar refractivity (Wildman–Crippen MR) is 147 cm³/mol. The quantitative estimate of drug-likeness (QED) is 0.0784. The molecule has 0 bridgehead atoms. The van der Waals surface area contributed by atoms with Crippen LogP contribution in [0.2, 0.25) is 0 Å². The van der Waals surface area contributed by atoms with E-state index in [0.29, 0.717) is 104 Å². The molecule has 15 heteroatoms. The fourth-order valence-electron chi connectivity index (χ4n) is 3.42. The lowest BCUT2D eigenvalue weighted by molar-refractivity contribution is -0.153. The van der Waals surface area contributed by atoms with Gasteiger partial charge in [0.2, 0.25) is 5.91 Å². The van der Waals surface area contributed by atoms with Crippen molar-refractivity contribution in [2.24, 2.45) is 0 Å². The second-order valence-electron chi connectivity index (χ2n) is 8.76. The third kappa shape index (κ3) is 19.6. The molecule has 42 heavy (non-hydrogen) atoms. The molecule has 15 nitrogen and oxygen atoms in total. The van der Waals surface area contributed by atoms with Gasteiger partial charge in [0.15, 0.2) is 0 Å². The molecular formula is C27H46N2O13. The second kappa shape index (κ2) is 26.2. The number of hydrogen-bond donors (Lipinski definition) is 2. The summed E-state index contributed by atoms with van der Waals surface area (Å²) in [6, 6.07) is -1.26. The molecule has 0 aromatic rings. The first-order valence-electron chi connectivity index (χ1n) is 14.0. The Hall–Kier alpha value is -2.50. The maximum Gasteiger partial charge on any atom is 0.326 e. The zero-order valence-electron chi connectivity index (χ0n) is 24.5. The number of carbonyl (C=O) groups is 4. The van der Waals surface area contributed by atoms with Crippen LogP contribution in [0.4, 0.5) is 0 Å². The minimum Gasteiger partial charge on any atom is -0.480 e. The van der Waals surface area contributed by atoms with E-state index in [1.54, 1.807) is 7.11 Å². The Kier molecular flexibility index (Phi) is 23.4. The number of aliphatic carboxylic acids is 1. The largest absolute Gasteiger partial charge is 0.480 e. The lowest BCUT2D eigenvalue weighted by Gasteiger charge is -2.22. The molecule has 1 atom stereocenters. The van der Waals surface area contributed by atoms with E-state index in [1.165, 1.54) is 0 Å². The summed E-state index contributed by atoms with van der Waals surface area (Å²) in [4.78, 5) is 47.4. The van der Waals surface area contributed by atoms with Crippen LogP contribution in [-0.2, 0) is 57.1 Å². The molecule has 0 aromatic carbocycles. The van der Waals surface area contributed by atoms with Gasteiger partial charge in [-0.05, 0) is 12.8 Å². The van der Waals surface area contributed by atoms with Crippen molar-refractivity contribution in [3.63, 3.8) is 0 Å². The Balaban J connectivity index is 1.80. The molecule has 0 aliphatic carbocycles. The van der Waals surface area contributed by atoms with Crippen molar-refractivity contribution in [3.05, 3.63) is 12.2 Å². The molecule has 0 fully saturated rings. The van der Waals surface area contributed by atoms with Crippen molar-refractivity contribution in [3.8, 4) is 0 Å². The van der Waals surface area contributed by atoms with Gasteiger partial charge >= 0.3 is 5.97 Å². The highest BCUT2D eigenvalue weighted by atomic mass is 16.6. The first kappa shape index (κ1) is 37.5. The zero-order valence-corrected chi connectivity index (χ0v) is 24.5. The number of imide groups is 1. The van der Waals surface area contributed by atoms with Gasteiger partial charge in [0.05, 0.1) is 99.1 Å². The minimum absolute atomic E-state index is 0.0402. The third-order valence-electron chi connectivity index (χ3n) is 5.55. The highest BCUT2D eigenvalue weighted by Gasteiger charge is 2.35. The van der Waals surface area contributed by atoms with Crippen LogP contribution in [0.5, 0.6) is 0 Å². The van der Waals surface area contributed by atoms with E-state index in [1.807, 2.05) is 0 Å². The number of carboxylic acids is 1. The van der Waals surface area contributed by atoms with Crippen molar-refractivity contribution in [1.29, 1.82) is 0 Å². The summed E-state index contributed by atoms with van der Waals surface area (Å²) in [5, 5.41) is 12.0. The van der Waals surface area contributed by atoms with Gasteiger partial charge in [-0.3, -0.25) is 19.3 Å². The Labute approximate surface area is 246 Å². The number of ether oxygens (including phenoxy) is 8. The molecule has 0 saturated heterocycles. The summed E-state index contributed by atoms with van der Waals surface area (Å²) >= 11 is 0. The molecule has 0 aromatic heterocycles.